The number of imidazole rings is 2. The minimum Gasteiger partial charge on any atom is -0.367 e. The molecule has 130 valence electrons. The van der Waals surface area contributed by atoms with Gasteiger partial charge in [-0.05, 0) is 32.0 Å². The number of morpholine rings is 1. The van der Waals surface area contributed by atoms with E-state index in [1.807, 2.05) is 54.8 Å². The lowest BCUT2D eigenvalue weighted by Gasteiger charge is -2.32. The number of hydrogen-bond acceptors (Lipinski definition) is 4. The number of nitrogens with one attached hydrogen (secondary N) is 1. The van der Waals surface area contributed by atoms with Crippen molar-refractivity contribution in [2.45, 2.75) is 20.0 Å². The Kier molecular flexibility index (Phi) is 3.80. The van der Waals surface area contributed by atoms with E-state index in [1.54, 1.807) is 0 Å². The van der Waals surface area contributed by atoms with Crippen molar-refractivity contribution in [2.75, 3.05) is 19.7 Å². The lowest BCUT2D eigenvalue weighted by atomic mass is 10.1. The highest BCUT2D eigenvalue weighted by Crippen LogP contribution is 2.23. The van der Waals surface area contributed by atoms with Crippen molar-refractivity contribution in [3.63, 3.8) is 0 Å². The molecule has 1 aliphatic heterocycles. The van der Waals surface area contributed by atoms with E-state index < -0.39 is 0 Å². The van der Waals surface area contributed by atoms with Crippen LogP contribution in [0.25, 0.3) is 11.0 Å². The summed E-state index contributed by atoms with van der Waals surface area (Å²) < 4.78 is 7.82. The number of amides is 1. The third-order valence-electron chi connectivity index (χ3n) is 4.52. The largest absolute Gasteiger partial charge is 0.367 e. The number of aryl methyl sites for hydroxylation is 3. The van der Waals surface area contributed by atoms with Crippen LogP contribution < -0.4 is 0 Å². The van der Waals surface area contributed by atoms with Crippen molar-refractivity contribution in [2.24, 2.45) is 7.05 Å². The number of ether oxygens (including phenoxy) is 1. The summed E-state index contributed by atoms with van der Waals surface area (Å²) in [5.74, 6) is 1.71. The van der Waals surface area contributed by atoms with Gasteiger partial charge in [-0.15, -0.1) is 0 Å². The molecule has 0 spiro atoms. The molecule has 3 heterocycles. The third-order valence-corrected chi connectivity index (χ3v) is 4.52. The highest BCUT2D eigenvalue weighted by atomic mass is 16.5. The molecule has 2 aromatic heterocycles. The summed E-state index contributed by atoms with van der Waals surface area (Å²) in [6.07, 6.45) is 1.77. The number of hydrogen-bond donors (Lipinski definition) is 1. The molecule has 1 amide bonds. The first kappa shape index (κ1) is 15.8. The zero-order chi connectivity index (χ0) is 17.6. The molecule has 0 aliphatic carbocycles. The minimum atomic E-state index is -0.200. The summed E-state index contributed by atoms with van der Waals surface area (Å²) in [5.41, 5.74) is 3.36. The van der Waals surface area contributed by atoms with Crippen molar-refractivity contribution in [1.29, 1.82) is 0 Å². The Morgan fingerprint density at radius 2 is 2.16 bits per heavy atom. The molecule has 7 heteroatoms. The standard InChI is InChI=1S/C18H21N5O2/c1-11-9-22(3)17(19-11)16-10-23(6-7-25-16)18(24)13-4-5-14-15(8-13)21-12(2)20-14/h4-5,8-9,16H,6-7,10H2,1-3H3,(H,20,21)/t16-/m1/s1. The summed E-state index contributed by atoms with van der Waals surface area (Å²) >= 11 is 0. The van der Waals surface area contributed by atoms with Gasteiger partial charge in [0.15, 0.2) is 0 Å². The van der Waals surface area contributed by atoms with Gasteiger partial charge in [0.1, 0.15) is 17.8 Å². The summed E-state index contributed by atoms with van der Waals surface area (Å²) in [4.78, 5) is 26.9. The third kappa shape index (κ3) is 2.91. The van der Waals surface area contributed by atoms with Crippen LogP contribution in [0.4, 0.5) is 0 Å². The molecule has 1 aliphatic rings. The zero-order valence-corrected chi connectivity index (χ0v) is 14.6. The van der Waals surface area contributed by atoms with Gasteiger partial charge in [0, 0.05) is 25.4 Å². The van der Waals surface area contributed by atoms with Gasteiger partial charge in [0.05, 0.1) is 29.9 Å². The van der Waals surface area contributed by atoms with Crippen LogP contribution in [0, 0.1) is 13.8 Å². The fourth-order valence-electron chi connectivity index (χ4n) is 3.38. The number of benzene rings is 1. The van der Waals surface area contributed by atoms with Gasteiger partial charge in [-0.25, -0.2) is 9.97 Å². The number of aromatic amines is 1. The average Bonchev–Trinajstić information content (AvgIpc) is 3.14. The highest BCUT2D eigenvalue weighted by Gasteiger charge is 2.28. The van der Waals surface area contributed by atoms with Gasteiger partial charge < -0.3 is 19.2 Å². The summed E-state index contributed by atoms with van der Waals surface area (Å²) in [6.45, 7) is 5.45. The van der Waals surface area contributed by atoms with Crippen LogP contribution in [0.5, 0.6) is 0 Å². The molecule has 0 bridgehead atoms. The van der Waals surface area contributed by atoms with Crippen LogP contribution in [0.3, 0.4) is 0 Å². The predicted molar refractivity (Wildman–Crippen MR) is 93.4 cm³/mol. The Morgan fingerprint density at radius 3 is 2.92 bits per heavy atom. The van der Waals surface area contributed by atoms with Gasteiger partial charge >= 0.3 is 0 Å². The predicted octanol–water partition coefficient (Wildman–Crippen LogP) is 2.13. The van der Waals surface area contributed by atoms with Crippen LogP contribution in [-0.2, 0) is 11.8 Å². The number of rotatable bonds is 2. The number of nitrogens with zero attached hydrogens (tertiary/aromatic N) is 4. The maximum atomic E-state index is 12.9. The van der Waals surface area contributed by atoms with Crippen molar-refractivity contribution in [3.8, 4) is 0 Å². The van der Waals surface area contributed by atoms with E-state index in [2.05, 4.69) is 15.0 Å². The molecular weight excluding hydrogens is 318 g/mol. The molecule has 1 fully saturated rings. The molecule has 0 radical (unpaired) electrons. The van der Waals surface area contributed by atoms with Crippen molar-refractivity contribution in [3.05, 3.63) is 47.3 Å². The Balaban J connectivity index is 1.57. The molecule has 1 saturated heterocycles. The maximum absolute atomic E-state index is 12.9. The van der Waals surface area contributed by atoms with Gasteiger partial charge in [0.2, 0.25) is 0 Å². The van der Waals surface area contributed by atoms with E-state index in [4.69, 9.17) is 4.74 Å². The fourth-order valence-corrected chi connectivity index (χ4v) is 3.38. The normalized spacial score (nSPS) is 18.0. The Hall–Kier alpha value is -2.67. The van der Waals surface area contributed by atoms with Crippen LogP contribution >= 0.6 is 0 Å². The van der Waals surface area contributed by atoms with E-state index in [1.165, 1.54) is 0 Å². The monoisotopic (exact) mass is 339 g/mol. The van der Waals surface area contributed by atoms with Crippen LogP contribution in [0.2, 0.25) is 0 Å². The molecule has 4 rings (SSSR count). The second-order valence-electron chi connectivity index (χ2n) is 6.52. The van der Waals surface area contributed by atoms with E-state index in [0.717, 1.165) is 28.4 Å². The molecule has 1 N–H and O–H groups in total. The van der Waals surface area contributed by atoms with Crippen molar-refractivity contribution >= 4 is 16.9 Å². The number of aromatic nitrogens is 4. The quantitative estimate of drug-likeness (QED) is 0.776. The second-order valence-corrected chi connectivity index (χ2v) is 6.52. The fraction of sp³-hybridized carbons (Fsp3) is 0.389. The van der Waals surface area contributed by atoms with Crippen LogP contribution in [0.15, 0.2) is 24.4 Å². The van der Waals surface area contributed by atoms with Gasteiger partial charge in [-0.3, -0.25) is 4.79 Å². The maximum Gasteiger partial charge on any atom is 0.254 e. The number of H-pyrrole nitrogens is 1. The molecule has 1 atom stereocenters. The molecule has 25 heavy (non-hydrogen) atoms. The van der Waals surface area contributed by atoms with Gasteiger partial charge in [0.25, 0.3) is 5.91 Å². The Bertz CT molecular complexity index is 942. The molecule has 7 nitrogen and oxygen atoms in total. The molecule has 3 aromatic rings. The van der Waals surface area contributed by atoms with E-state index >= 15 is 0 Å². The molecule has 0 saturated carbocycles. The molecule has 0 unspecified atom stereocenters. The number of carbonyl (C=O) groups is 1. The van der Waals surface area contributed by atoms with Gasteiger partial charge in [-0.2, -0.15) is 0 Å². The Labute approximate surface area is 145 Å². The van der Waals surface area contributed by atoms with E-state index in [9.17, 15) is 4.79 Å². The summed E-state index contributed by atoms with van der Waals surface area (Å²) in [6, 6.07) is 5.58. The van der Waals surface area contributed by atoms with E-state index in [-0.39, 0.29) is 12.0 Å². The lowest BCUT2D eigenvalue weighted by molar-refractivity contribution is -0.0279. The first-order valence-corrected chi connectivity index (χ1v) is 8.38. The summed E-state index contributed by atoms with van der Waals surface area (Å²) in [7, 11) is 1.95. The van der Waals surface area contributed by atoms with Crippen molar-refractivity contribution in [1.82, 2.24) is 24.4 Å². The smallest absolute Gasteiger partial charge is 0.254 e. The zero-order valence-electron chi connectivity index (χ0n) is 14.6. The first-order valence-electron chi connectivity index (χ1n) is 8.38. The Morgan fingerprint density at radius 1 is 1.32 bits per heavy atom. The van der Waals surface area contributed by atoms with Crippen LogP contribution in [0.1, 0.15) is 33.8 Å². The second kappa shape index (κ2) is 6.00. The molecule has 1 aromatic carbocycles. The SMILES string of the molecule is Cc1cn(C)c([C@H]2CN(C(=O)c3ccc4nc(C)[nH]c4c3)CCO2)n1. The van der Waals surface area contributed by atoms with Crippen LogP contribution in [-0.4, -0.2) is 50.0 Å². The van der Waals surface area contributed by atoms with Crippen molar-refractivity contribution < 1.29 is 9.53 Å². The highest BCUT2D eigenvalue weighted by molar-refractivity contribution is 5.97. The lowest BCUT2D eigenvalue weighted by Crippen LogP contribution is -2.42. The number of carbonyl (C=O) groups excluding carboxylic acids is 1. The average molecular weight is 339 g/mol. The number of fused-ring (bicyclic) bond motifs is 1. The topological polar surface area (TPSA) is 76.0 Å². The van der Waals surface area contributed by atoms with Gasteiger partial charge in [-0.1, -0.05) is 0 Å². The first-order chi connectivity index (χ1) is 12.0. The summed E-state index contributed by atoms with van der Waals surface area (Å²) in [5, 5.41) is 0. The molecular formula is C18H21N5O2. The van der Waals surface area contributed by atoms with E-state index in [0.29, 0.717) is 25.3 Å². The minimum absolute atomic E-state index is 0.00776.